The quantitative estimate of drug-likeness (QED) is 0.376. The first-order valence-electron chi connectivity index (χ1n) is 10.9. The summed E-state index contributed by atoms with van der Waals surface area (Å²) in [5.74, 6) is 1.76. The number of rotatable bonds is 9. The molecule has 1 amide bonds. The Morgan fingerprint density at radius 2 is 1.56 bits per heavy atom. The molecule has 0 radical (unpaired) electrons. The van der Waals surface area contributed by atoms with Gasteiger partial charge in [-0.25, -0.2) is 0 Å². The second kappa shape index (κ2) is 10.2. The van der Waals surface area contributed by atoms with Crippen molar-refractivity contribution in [2.45, 2.75) is 5.92 Å². The molecule has 1 unspecified atom stereocenters. The summed E-state index contributed by atoms with van der Waals surface area (Å²) in [5.41, 5.74) is 3.63. The van der Waals surface area contributed by atoms with Crippen molar-refractivity contribution in [3.8, 4) is 23.0 Å². The lowest BCUT2D eigenvalue weighted by Gasteiger charge is -2.19. The summed E-state index contributed by atoms with van der Waals surface area (Å²) in [7, 11) is 6.22. The molecule has 0 saturated heterocycles. The Morgan fingerprint density at radius 3 is 2.18 bits per heavy atom. The lowest BCUT2D eigenvalue weighted by molar-refractivity contribution is 0.0951. The fourth-order valence-corrected chi connectivity index (χ4v) is 4.13. The van der Waals surface area contributed by atoms with Crippen molar-refractivity contribution in [2.24, 2.45) is 0 Å². The van der Waals surface area contributed by atoms with E-state index in [1.807, 2.05) is 48.7 Å². The van der Waals surface area contributed by atoms with Crippen LogP contribution in [0.1, 0.15) is 27.4 Å². The lowest BCUT2D eigenvalue weighted by atomic mass is 9.90. The van der Waals surface area contributed by atoms with Gasteiger partial charge in [0.15, 0.2) is 11.5 Å². The van der Waals surface area contributed by atoms with Gasteiger partial charge in [0, 0.05) is 35.1 Å². The summed E-state index contributed by atoms with van der Waals surface area (Å²) in [6.07, 6.45) is 2.01. The molecule has 1 atom stereocenters. The Hall–Kier alpha value is -4.13. The van der Waals surface area contributed by atoms with E-state index in [0.717, 1.165) is 27.8 Å². The number of amides is 1. The molecule has 4 rings (SSSR count). The molecule has 0 fully saturated rings. The van der Waals surface area contributed by atoms with Gasteiger partial charge < -0.3 is 29.2 Å². The number of benzene rings is 3. The number of para-hydroxylation sites is 1. The number of hydrogen-bond donors (Lipinski definition) is 2. The van der Waals surface area contributed by atoms with Gasteiger partial charge in [-0.2, -0.15) is 0 Å². The Morgan fingerprint density at radius 1 is 0.882 bits per heavy atom. The number of nitrogens with one attached hydrogen (secondary N) is 2. The molecule has 3 aromatic carbocycles. The van der Waals surface area contributed by atoms with E-state index in [0.29, 0.717) is 29.4 Å². The third-order valence-corrected chi connectivity index (χ3v) is 5.91. The lowest BCUT2D eigenvalue weighted by Crippen LogP contribution is -2.29. The van der Waals surface area contributed by atoms with E-state index in [2.05, 4.69) is 16.4 Å². The highest BCUT2D eigenvalue weighted by Crippen LogP contribution is 2.38. The van der Waals surface area contributed by atoms with Gasteiger partial charge in [-0.1, -0.05) is 30.3 Å². The van der Waals surface area contributed by atoms with Gasteiger partial charge in [0.2, 0.25) is 5.75 Å². The van der Waals surface area contributed by atoms with E-state index < -0.39 is 0 Å². The molecule has 7 nitrogen and oxygen atoms in total. The maximum absolute atomic E-state index is 13.2. The van der Waals surface area contributed by atoms with E-state index in [4.69, 9.17) is 18.9 Å². The zero-order chi connectivity index (χ0) is 24.1. The maximum atomic E-state index is 13.2. The molecule has 1 heterocycles. The number of methoxy groups -OCH3 is 4. The fraction of sp³-hybridized carbons (Fsp3) is 0.222. The van der Waals surface area contributed by atoms with Crippen LogP contribution in [-0.4, -0.2) is 45.9 Å². The maximum Gasteiger partial charge on any atom is 0.251 e. The van der Waals surface area contributed by atoms with E-state index in [1.54, 1.807) is 19.2 Å². The molecule has 0 bridgehead atoms. The second-order valence-corrected chi connectivity index (χ2v) is 7.74. The van der Waals surface area contributed by atoms with Gasteiger partial charge in [-0.3, -0.25) is 4.79 Å². The van der Waals surface area contributed by atoms with Crippen molar-refractivity contribution in [1.29, 1.82) is 0 Å². The molecule has 2 N–H and O–H groups in total. The second-order valence-electron chi connectivity index (χ2n) is 7.74. The van der Waals surface area contributed by atoms with Gasteiger partial charge in [0.25, 0.3) is 5.91 Å². The molecular weight excluding hydrogens is 432 g/mol. The number of fused-ring (bicyclic) bond motifs is 1. The molecule has 0 spiro atoms. The van der Waals surface area contributed by atoms with Crippen LogP contribution in [0.25, 0.3) is 10.9 Å². The number of H-pyrrole nitrogens is 1. The van der Waals surface area contributed by atoms with Crippen molar-refractivity contribution >= 4 is 16.8 Å². The minimum absolute atomic E-state index is 0.0759. The van der Waals surface area contributed by atoms with Crippen molar-refractivity contribution in [2.75, 3.05) is 35.0 Å². The first kappa shape index (κ1) is 23.0. The smallest absolute Gasteiger partial charge is 0.251 e. The van der Waals surface area contributed by atoms with E-state index in [1.165, 1.54) is 21.3 Å². The van der Waals surface area contributed by atoms with E-state index in [9.17, 15) is 4.79 Å². The SMILES string of the molecule is COc1ccc(C(CNC(=O)c2cc(OC)c(OC)c(OC)c2)c2c[nH]c3ccccc23)cc1. The van der Waals surface area contributed by atoms with Crippen molar-refractivity contribution in [3.63, 3.8) is 0 Å². The van der Waals surface area contributed by atoms with Crippen LogP contribution in [0.4, 0.5) is 0 Å². The minimum atomic E-state index is -0.238. The van der Waals surface area contributed by atoms with Crippen molar-refractivity contribution in [1.82, 2.24) is 10.3 Å². The molecule has 1 aromatic heterocycles. The zero-order valence-electron chi connectivity index (χ0n) is 19.7. The predicted octanol–water partition coefficient (Wildman–Crippen LogP) is 4.76. The summed E-state index contributed by atoms with van der Waals surface area (Å²) in [5, 5.41) is 4.20. The van der Waals surface area contributed by atoms with Crippen molar-refractivity contribution < 1.29 is 23.7 Å². The molecule has 0 aliphatic carbocycles. The summed E-state index contributed by atoms with van der Waals surface area (Å²) in [6.45, 7) is 0.393. The van der Waals surface area contributed by atoms with Crippen LogP contribution in [0.15, 0.2) is 66.9 Å². The Labute approximate surface area is 198 Å². The fourth-order valence-electron chi connectivity index (χ4n) is 4.13. The van der Waals surface area contributed by atoms with Crippen LogP contribution in [0, 0.1) is 0 Å². The van der Waals surface area contributed by atoms with Crippen molar-refractivity contribution in [3.05, 3.63) is 83.6 Å². The number of carbonyl (C=O) groups is 1. The van der Waals surface area contributed by atoms with Crippen LogP contribution in [0.2, 0.25) is 0 Å². The summed E-state index contributed by atoms with van der Waals surface area (Å²) in [6, 6.07) is 19.3. The van der Waals surface area contributed by atoms with Crippen LogP contribution >= 0.6 is 0 Å². The molecule has 7 heteroatoms. The minimum Gasteiger partial charge on any atom is -0.497 e. The zero-order valence-corrected chi connectivity index (χ0v) is 19.7. The molecular formula is C27H28N2O5. The van der Waals surface area contributed by atoms with Crippen LogP contribution < -0.4 is 24.3 Å². The van der Waals surface area contributed by atoms with Crippen LogP contribution in [0.5, 0.6) is 23.0 Å². The van der Waals surface area contributed by atoms with Gasteiger partial charge in [0.05, 0.1) is 28.4 Å². The van der Waals surface area contributed by atoms with Crippen LogP contribution in [0.3, 0.4) is 0 Å². The monoisotopic (exact) mass is 460 g/mol. The largest absolute Gasteiger partial charge is 0.497 e. The highest BCUT2D eigenvalue weighted by molar-refractivity contribution is 5.95. The highest BCUT2D eigenvalue weighted by Gasteiger charge is 2.21. The molecule has 0 saturated carbocycles. The van der Waals surface area contributed by atoms with E-state index in [-0.39, 0.29) is 11.8 Å². The molecule has 34 heavy (non-hydrogen) atoms. The Bertz CT molecular complexity index is 1250. The molecule has 176 valence electrons. The number of carbonyl (C=O) groups excluding carboxylic acids is 1. The Kier molecular flexibility index (Phi) is 6.92. The van der Waals surface area contributed by atoms with Gasteiger partial charge in [0.1, 0.15) is 5.75 Å². The number of aromatic amines is 1. The van der Waals surface area contributed by atoms with Gasteiger partial charge >= 0.3 is 0 Å². The highest BCUT2D eigenvalue weighted by atomic mass is 16.5. The third kappa shape index (κ3) is 4.50. The number of aromatic nitrogens is 1. The molecule has 0 aliphatic rings. The Balaban J connectivity index is 1.65. The first-order valence-corrected chi connectivity index (χ1v) is 10.9. The third-order valence-electron chi connectivity index (χ3n) is 5.91. The standard InChI is InChI=1S/C27H28N2O5/c1-31-19-11-9-17(10-12-19)21(22-16-28-23-8-6-5-7-20(22)23)15-29-27(30)18-13-24(32-2)26(34-4)25(14-18)33-3/h5-14,16,21,28H,15H2,1-4H3,(H,29,30). The predicted molar refractivity (Wildman–Crippen MR) is 132 cm³/mol. The molecule has 0 aliphatic heterocycles. The topological polar surface area (TPSA) is 81.8 Å². The summed E-state index contributed by atoms with van der Waals surface area (Å²) >= 11 is 0. The van der Waals surface area contributed by atoms with Crippen LogP contribution in [-0.2, 0) is 0 Å². The van der Waals surface area contributed by atoms with Gasteiger partial charge in [-0.15, -0.1) is 0 Å². The number of ether oxygens (including phenoxy) is 4. The normalized spacial score (nSPS) is 11.6. The average Bonchev–Trinajstić information content (AvgIpc) is 3.32. The molecule has 4 aromatic rings. The first-order chi connectivity index (χ1) is 16.6. The average molecular weight is 461 g/mol. The summed E-state index contributed by atoms with van der Waals surface area (Å²) < 4.78 is 21.5. The summed E-state index contributed by atoms with van der Waals surface area (Å²) in [4.78, 5) is 16.5. The van der Waals surface area contributed by atoms with E-state index >= 15 is 0 Å². The van der Waals surface area contributed by atoms with Gasteiger partial charge in [-0.05, 0) is 41.5 Å². The number of hydrogen-bond acceptors (Lipinski definition) is 5.